The molecule has 0 amide bonds. The van der Waals surface area contributed by atoms with Gasteiger partial charge in [-0.3, -0.25) is 4.79 Å². The molecule has 148 valence electrons. The molecule has 2 aromatic heterocycles. The summed E-state index contributed by atoms with van der Waals surface area (Å²) in [6.45, 7) is 0. The fourth-order valence-corrected chi connectivity index (χ4v) is 3.91. The first-order chi connectivity index (χ1) is 14.1. The van der Waals surface area contributed by atoms with Crippen LogP contribution < -0.4 is 19.6 Å². The van der Waals surface area contributed by atoms with Crippen molar-refractivity contribution in [1.29, 1.82) is 0 Å². The van der Waals surface area contributed by atoms with Gasteiger partial charge in [-0.05, 0) is 47.9 Å². The van der Waals surface area contributed by atoms with E-state index >= 15 is 0 Å². The molecule has 0 N–H and O–H groups in total. The van der Waals surface area contributed by atoms with Crippen LogP contribution in [0.25, 0.3) is 11.0 Å². The molecule has 8 heteroatoms. The predicted molar refractivity (Wildman–Crippen MR) is 109 cm³/mol. The number of fused-ring (bicyclic) bond motifs is 1. The van der Waals surface area contributed by atoms with Gasteiger partial charge in [0.1, 0.15) is 5.82 Å². The molecule has 4 rings (SSSR count). The number of hydrogen-bond donors (Lipinski definition) is 0. The number of aromatic nitrogens is 3. The zero-order valence-electron chi connectivity index (χ0n) is 15.9. The Labute approximate surface area is 169 Å². The van der Waals surface area contributed by atoms with Crippen molar-refractivity contribution < 1.29 is 13.9 Å². The quantitative estimate of drug-likeness (QED) is 0.488. The average molecular weight is 411 g/mol. The molecule has 0 aliphatic rings. The molecule has 0 saturated heterocycles. The molecule has 0 aliphatic carbocycles. The van der Waals surface area contributed by atoms with Gasteiger partial charge in [0.15, 0.2) is 17.3 Å². The zero-order valence-corrected chi connectivity index (χ0v) is 16.7. The average Bonchev–Trinajstić information content (AvgIpc) is 3.26. The summed E-state index contributed by atoms with van der Waals surface area (Å²) in [5.41, 5.74) is 1.59. The highest BCUT2D eigenvalue weighted by Gasteiger charge is 2.11. The molecular formula is C21H18FN3O3S. The molecule has 0 fully saturated rings. The lowest BCUT2D eigenvalue weighted by molar-refractivity contribution is 0.354. The largest absolute Gasteiger partial charge is 0.493 e. The number of methoxy groups -OCH3 is 2. The summed E-state index contributed by atoms with van der Waals surface area (Å²) in [5, 5.41) is 4.35. The maximum Gasteiger partial charge on any atom is 0.291 e. The lowest BCUT2D eigenvalue weighted by Gasteiger charge is -2.08. The summed E-state index contributed by atoms with van der Waals surface area (Å²) >= 11 is 1.27. The van der Waals surface area contributed by atoms with E-state index in [-0.39, 0.29) is 11.4 Å². The Hall–Kier alpha value is -3.26. The van der Waals surface area contributed by atoms with Gasteiger partial charge in [0.2, 0.25) is 4.96 Å². The third-order valence-corrected chi connectivity index (χ3v) is 5.44. The molecule has 0 radical (unpaired) electrons. The first-order valence-corrected chi connectivity index (χ1v) is 9.75. The van der Waals surface area contributed by atoms with E-state index in [1.165, 1.54) is 28.0 Å². The molecule has 6 nitrogen and oxygen atoms in total. The fourth-order valence-electron chi connectivity index (χ4n) is 2.98. The number of thiazole rings is 1. The van der Waals surface area contributed by atoms with Crippen LogP contribution in [0.4, 0.5) is 4.39 Å². The highest BCUT2D eigenvalue weighted by atomic mass is 32.1. The first-order valence-electron chi connectivity index (χ1n) is 8.94. The molecule has 2 aromatic carbocycles. The van der Waals surface area contributed by atoms with Crippen molar-refractivity contribution in [2.24, 2.45) is 0 Å². The minimum atomic E-state index is -0.314. The van der Waals surface area contributed by atoms with E-state index in [2.05, 4.69) is 10.1 Å². The van der Waals surface area contributed by atoms with E-state index in [0.717, 1.165) is 11.1 Å². The summed E-state index contributed by atoms with van der Waals surface area (Å²) in [5.74, 6) is 1.65. The SMILES string of the molecule is COc1ccc(CCc2nc3s/c(=C\c4ccc(F)cc4)c(=O)n3n2)cc1OC. The van der Waals surface area contributed by atoms with E-state index in [4.69, 9.17) is 9.47 Å². The van der Waals surface area contributed by atoms with E-state index in [1.54, 1.807) is 32.4 Å². The highest BCUT2D eigenvalue weighted by molar-refractivity contribution is 7.15. The van der Waals surface area contributed by atoms with Gasteiger partial charge in [-0.25, -0.2) is 9.37 Å². The molecule has 2 heterocycles. The van der Waals surface area contributed by atoms with E-state index in [9.17, 15) is 9.18 Å². The van der Waals surface area contributed by atoms with Gasteiger partial charge in [0.05, 0.1) is 18.8 Å². The van der Waals surface area contributed by atoms with Gasteiger partial charge >= 0.3 is 0 Å². The second-order valence-electron chi connectivity index (χ2n) is 6.38. The lowest BCUT2D eigenvalue weighted by Crippen LogP contribution is -2.23. The minimum Gasteiger partial charge on any atom is -0.493 e. The van der Waals surface area contributed by atoms with Crippen molar-refractivity contribution in [1.82, 2.24) is 14.6 Å². The maximum absolute atomic E-state index is 13.0. The zero-order chi connectivity index (χ0) is 20.4. The molecule has 4 aromatic rings. The summed E-state index contributed by atoms with van der Waals surface area (Å²) in [6.07, 6.45) is 3.02. The van der Waals surface area contributed by atoms with Crippen LogP contribution in [0.1, 0.15) is 17.0 Å². The first kappa shape index (κ1) is 19.1. The van der Waals surface area contributed by atoms with Gasteiger partial charge in [0.25, 0.3) is 5.56 Å². The number of benzene rings is 2. The van der Waals surface area contributed by atoms with Crippen LogP contribution in [-0.2, 0) is 12.8 Å². The Morgan fingerprint density at radius 2 is 1.83 bits per heavy atom. The summed E-state index contributed by atoms with van der Waals surface area (Å²) in [6, 6.07) is 11.7. The monoisotopic (exact) mass is 411 g/mol. The normalized spacial score (nSPS) is 11.9. The van der Waals surface area contributed by atoms with Crippen molar-refractivity contribution in [2.45, 2.75) is 12.8 Å². The Balaban J connectivity index is 1.54. The van der Waals surface area contributed by atoms with Crippen molar-refractivity contribution in [3.8, 4) is 11.5 Å². The summed E-state index contributed by atoms with van der Waals surface area (Å²) in [4.78, 5) is 17.6. The van der Waals surface area contributed by atoms with E-state index in [0.29, 0.717) is 39.7 Å². The number of ether oxygens (including phenoxy) is 2. The Kier molecular flexibility index (Phi) is 5.26. The van der Waals surface area contributed by atoms with Gasteiger partial charge in [0, 0.05) is 6.42 Å². The van der Waals surface area contributed by atoms with Crippen molar-refractivity contribution >= 4 is 22.4 Å². The van der Waals surface area contributed by atoms with Crippen LogP contribution in [-0.4, -0.2) is 28.8 Å². The lowest BCUT2D eigenvalue weighted by atomic mass is 10.1. The minimum absolute atomic E-state index is 0.223. The molecule has 0 atom stereocenters. The van der Waals surface area contributed by atoms with Gasteiger partial charge in [-0.15, -0.1) is 5.10 Å². The molecule has 0 unspecified atom stereocenters. The Morgan fingerprint density at radius 1 is 1.07 bits per heavy atom. The number of aryl methyl sites for hydroxylation is 2. The topological polar surface area (TPSA) is 65.7 Å². The van der Waals surface area contributed by atoms with Crippen LogP contribution >= 0.6 is 11.3 Å². The van der Waals surface area contributed by atoms with Crippen LogP contribution in [0.15, 0.2) is 47.3 Å². The smallest absolute Gasteiger partial charge is 0.291 e. The van der Waals surface area contributed by atoms with Gasteiger partial charge in [-0.1, -0.05) is 29.5 Å². The Bertz CT molecular complexity index is 1270. The van der Waals surface area contributed by atoms with Crippen LogP contribution in [0, 0.1) is 5.82 Å². The molecule has 29 heavy (non-hydrogen) atoms. The standard InChI is InChI=1S/C21H18FN3O3S/c1-27-16-9-5-13(11-17(16)28-2)6-10-19-23-21-25(24-19)20(26)18(29-21)12-14-3-7-15(22)8-4-14/h3-5,7-9,11-12H,6,10H2,1-2H3/b18-12-. The summed E-state index contributed by atoms with van der Waals surface area (Å²) < 4.78 is 25.4. The van der Waals surface area contributed by atoms with Crippen LogP contribution in [0.3, 0.4) is 0 Å². The third-order valence-electron chi connectivity index (χ3n) is 4.48. The van der Waals surface area contributed by atoms with E-state index in [1.807, 2.05) is 18.2 Å². The second kappa shape index (κ2) is 8.00. The third kappa shape index (κ3) is 3.97. The van der Waals surface area contributed by atoms with Gasteiger partial charge < -0.3 is 9.47 Å². The summed E-state index contributed by atoms with van der Waals surface area (Å²) in [7, 11) is 3.20. The Morgan fingerprint density at radius 3 is 2.52 bits per heavy atom. The molecule has 0 spiro atoms. The maximum atomic E-state index is 13.0. The number of hydrogen-bond acceptors (Lipinski definition) is 6. The molecule has 0 bridgehead atoms. The fraction of sp³-hybridized carbons (Fsp3) is 0.190. The number of rotatable bonds is 6. The number of halogens is 1. The van der Waals surface area contributed by atoms with Crippen LogP contribution in [0.2, 0.25) is 0 Å². The van der Waals surface area contributed by atoms with Crippen molar-refractivity contribution in [3.05, 3.63) is 80.1 Å². The molecule has 0 saturated carbocycles. The molecular weight excluding hydrogens is 393 g/mol. The van der Waals surface area contributed by atoms with Crippen molar-refractivity contribution in [3.63, 3.8) is 0 Å². The predicted octanol–water partition coefficient (Wildman–Crippen LogP) is 2.64. The highest BCUT2D eigenvalue weighted by Crippen LogP contribution is 2.27. The number of nitrogens with zero attached hydrogens (tertiary/aromatic N) is 3. The molecule has 0 aliphatic heterocycles. The van der Waals surface area contributed by atoms with Gasteiger partial charge in [-0.2, -0.15) is 4.52 Å². The van der Waals surface area contributed by atoms with E-state index < -0.39 is 0 Å². The van der Waals surface area contributed by atoms with Crippen molar-refractivity contribution in [2.75, 3.05) is 14.2 Å². The van der Waals surface area contributed by atoms with Crippen LogP contribution in [0.5, 0.6) is 11.5 Å². The second-order valence-corrected chi connectivity index (χ2v) is 7.39.